The molecule has 0 aromatic rings. The van der Waals surface area contributed by atoms with Crippen LogP contribution in [0.5, 0.6) is 0 Å². The van der Waals surface area contributed by atoms with Crippen LogP contribution in [0.2, 0.25) is 0 Å². The molecule has 1 atom stereocenters. The van der Waals surface area contributed by atoms with Crippen LogP contribution in [0, 0.1) is 5.41 Å². The summed E-state index contributed by atoms with van der Waals surface area (Å²) in [6, 6.07) is 0. The van der Waals surface area contributed by atoms with Crippen molar-refractivity contribution in [1.29, 1.82) is 0 Å². The summed E-state index contributed by atoms with van der Waals surface area (Å²) in [5, 5.41) is 0. The second-order valence-electron chi connectivity index (χ2n) is 4.95. The SMILES string of the molecule is CCCC1(N)CCC(C)(C)C1. The van der Waals surface area contributed by atoms with E-state index >= 15 is 0 Å². The van der Waals surface area contributed by atoms with E-state index in [1.165, 1.54) is 32.1 Å². The molecule has 2 N–H and O–H groups in total. The molecule has 0 aliphatic heterocycles. The van der Waals surface area contributed by atoms with E-state index < -0.39 is 0 Å². The summed E-state index contributed by atoms with van der Waals surface area (Å²) in [4.78, 5) is 0. The van der Waals surface area contributed by atoms with Gasteiger partial charge in [-0.25, -0.2) is 0 Å². The Morgan fingerprint density at radius 3 is 2.27 bits per heavy atom. The summed E-state index contributed by atoms with van der Waals surface area (Å²) in [6.07, 6.45) is 6.19. The van der Waals surface area contributed by atoms with Crippen molar-refractivity contribution in [3.63, 3.8) is 0 Å². The van der Waals surface area contributed by atoms with Crippen LogP contribution in [0.25, 0.3) is 0 Å². The van der Waals surface area contributed by atoms with Gasteiger partial charge in [0.2, 0.25) is 0 Å². The minimum atomic E-state index is 0.179. The lowest BCUT2D eigenvalue weighted by Crippen LogP contribution is -2.37. The summed E-state index contributed by atoms with van der Waals surface area (Å²) in [5.74, 6) is 0. The molecule has 0 radical (unpaired) electrons. The standard InChI is InChI=1S/C10H21N/c1-4-5-10(11)7-6-9(2,3)8-10/h4-8,11H2,1-3H3. The van der Waals surface area contributed by atoms with Gasteiger partial charge in [-0.05, 0) is 31.1 Å². The summed E-state index contributed by atoms with van der Waals surface area (Å²) >= 11 is 0. The second kappa shape index (κ2) is 2.78. The fourth-order valence-corrected chi connectivity index (χ4v) is 2.43. The fourth-order valence-electron chi connectivity index (χ4n) is 2.43. The molecule has 1 rings (SSSR count). The zero-order valence-corrected chi connectivity index (χ0v) is 8.11. The zero-order chi connectivity index (χ0) is 8.54. The van der Waals surface area contributed by atoms with Gasteiger partial charge in [-0.15, -0.1) is 0 Å². The van der Waals surface area contributed by atoms with Gasteiger partial charge < -0.3 is 5.73 Å². The number of rotatable bonds is 2. The lowest BCUT2D eigenvalue weighted by Gasteiger charge is -2.25. The van der Waals surface area contributed by atoms with E-state index in [2.05, 4.69) is 20.8 Å². The van der Waals surface area contributed by atoms with Crippen molar-refractivity contribution in [2.24, 2.45) is 11.1 Å². The van der Waals surface area contributed by atoms with Gasteiger partial charge in [0.1, 0.15) is 0 Å². The van der Waals surface area contributed by atoms with Gasteiger partial charge in [0.25, 0.3) is 0 Å². The van der Waals surface area contributed by atoms with Crippen LogP contribution in [-0.2, 0) is 0 Å². The van der Waals surface area contributed by atoms with Crippen molar-refractivity contribution in [3.05, 3.63) is 0 Å². The Hall–Kier alpha value is -0.0400. The first kappa shape index (κ1) is 9.05. The van der Waals surface area contributed by atoms with Crippen LogP contribution >= 0.6 is 0 Å². The molecule has 0 saturated heterocycles. The van der Waals surface area contributed by atoms with E-state index in [4.69, 9.17) is 5.73 Å². The lowest BCUT2D eigenvalue weighted by molar-refractivity contribution is 0.322. The number of nitrogens with two attached hydrogens (primary N) is 1. The van der Waals surface area contributed by atoms with Crippen LogP contribution in [0.15, 0.2) is 0 Å². The smallest absolute Gasteiger partial charge is 0.0159 e. The van der Waals surface area contributed by atoms with Crippen molar-refractivity contribution in [2.45, 2.75) is 58.4 Å². The number of hydrogen-bond donors (Lipinski definition) is 1. The average Bonchev–Trinajstić information content (AvgIpc) is 2.07. The Bertz CT molecular complexity index is 140. The van der Waals surface area contributed by atoms with Gasteiger partial charge in [-0.1, -0.05) is 27.2 Å². The molecule has 11 heavy (non-hydrogen) atoms. The summed E-state index contributed by atoms with van der Waals surface area (Å²) in [6.45, 7) is 6.88. The van der Waals surface area contributed by atoms with E-state index in [1.807, 2.05) is 0 Å². The normalized spacial score (nSPS) is 36.0. The van der Waals surface area contributed by atoms with E-state index in [0.717, 1.165) is 0 Å². The van der Waals surface area contributed by atoms with Crippen LogP contribution in [-0.4, -0.2) is 5.54 Å². The van der Waals surface area contributed by atoms with Crippen molar-refractivity contribution in [1.82, 2.24) is 0 Å². The molecule has 0 bridgehead atoms. The monoisotopic (exact) mass is 155 g/mol. The topological polar surface area (TPSA) is 26.0 Å². The first-order valence-corrected chi connectivity index (χ1v) is 4.76. The Balaban J connectivity index is 2.51. The Morgan fingerprint density at radius 1 is 1.27 bits per heavy atom. The predicted octanol–water partition coefficient (Wildman–Crippen LogP) is 2.69. The molecule has 0 heterocycles. The Labute approximate surface area is 70.4 Å². The molecule has 1 heteroatoms. The predicted molar refractivity (Wildman–Crippen MR) is 49.5 cm³/mol. The third kappa shape index (κ3) is 2.19. The summed E-state index contributed by atoms with van der Waals surface area (Å²) in [7, 11) is 0. The maximum atomic E-state index is 6.25. The van der Waals surface area contributed by atoms with Crippen LogP contribution in [0.1, 0.15) is 52.9 Å². The van der Waals surface area contributed by atoms with Gasteiger partial charge in [-0.2, -0.15) is 0 Å². The zero-order valence-electron chi connectivity index (χ0n) is 8.11. The van der Waals surface area contributed by atoms with Gasteiger partial charge in [-0.3, -0.25) is 0 Å². The molecule has 0 aromatic carbocycles. The van der Waals surface area contributed by atoms with Crippen molar-refractivity contribution < 1.29 is 0 Å². The van der Waals surface area contributed by atoms with Crippen molar-refractivity contribution in [3.8, 4) is 0 Å². The van der Waals surface area contributed by atoms with E-state index in [0.29, 0.717) is 5.41 Å². The van der Waals surface area contributed by atoms with Gasteiger partial charge in [0.15, 0.2) is 0 Å². The minimum absolute atomic E-state index is 0.179. The van der Waals surface area contributed by atoms with E-state index in [1.54, 1.807) is 0 Å². The van der Waals surface area contributed by atoms with E-state index in [9.17, 15) is 0 Å². The third-order valence-corrected chi connectivity index (χ3v) is 2.88. The highest BCUT2D eigenvalue weighted by Crippen LogP contribution is 2.43. The van der Waals surface area contributed by atoms with E-state index in [-0.39, 0.29) is 5.54 Å². The molecule has 1 unspecified atom stereocenters. The molecule has 0 spiro atoms. The van der Waals surface area contributed by atoms with Crippen LogP contribution in [0.3, 0.4) is 0 Å². The quantitative estimate of drug-likeness (QED) is 0.652. The Morgan fingerprint density at radius 2 is 1.91 bits per heavy atom. The maximum Gasteiger partial charge on any atom is 0.0159 e. The van der Waals surface area contributed by atoms with Gasteiger partial charge >= 0.3 is 0 Å². The molecule has 1 saturated carbocycles. The minimum Gasteiger partial charge on any atom is -0.325 e. The van der Waals surface area contributed by atoms with Crippen molar-refractivity contribution in [2.75, 3.05) is 0 Å². The summed E-state index contributed by atoms with van der Waals surface area (Å²) in [5.41, 5.74) is 6.93. The van der Waals surface area contributed by atoms with Gasteiger partial charge in [0, 0.05) is 5.54 Å². The lowest BCUT2D eigenvalue weighted by atomic mass is 9.86. The molecule has 1 fully saturated rings. The molecule has 1 nitrogen and oxygen atoms in total. The average molecular weight is 155 g/mol. The molecule has 1 aliphatic rings. The highest BCUT2D eigenvalue weighted by Gasteiger charge is 2.39. The Kier molecular flexibility index (Phi) is 2.29. The largest absolute Gasteiger partial charge is 0.325 e. The maximum absolute atomic E-state index is 6.25. The molecule has 1 aliphatic carbocycles. The molecular formula is C10H21N. The molecule has 0 amide bonds. The van der Waals surface area contributed by atoms with Crippen LogP contribution < -0.4 is 5.73 Å². The highest BCUT2D eigenvalue weighted by molar-refractivity contribution is 4.96. The van der Waals surface area contributed by atoms with Gasteiger partial charge in [0.05, 0.1) is 0 Å². The molecule has 66 valence electrons. The molecular weight excluding hydrogens is 134 g/mol. The highest BCUT2D eigenvalue weighted by atomic mass is 14.8. The molecule has 0 aromatic heterocycles. The first-order chi connectivity index (χ1) is 4.97. The number of hydrogen-bond acceptors (Lipinski definition) is 1. The second-order valence-corrected chi connectivity index (χ2v) is 4.95. The first-order valence-electron chi connectivity index (χ1n) is 4.76. The summed E-state index contributed by atoms with van der Waals surface area (Å²) < 4.78 is 0. The third-order valence-electron chi connectivity index (χ3n) is 2.88. The van der Waals surface area contributed by atoms with Crippen molar-refractivity contribution >= 4 is 0 Å². The fraction of sp³-hybridized carbons (Fsp3) is 1.00. The van der Waals surface area contributed by atoms with Crippen LogP contribution in [0.4, 0.5) is 0 Å².